The molecule has 2 atom stereocenters. The van der Waals surface area contributed by atoms with Crippen molar-refractivity contribution < 1.29 is 9.53 Å². The van der Waals surface area contributed by atoms with E-state index in [1.54, 1.807) is 0 Å². The predicted molar refractivity (Wildman–Crippen MR) is 110 cm³/mol. The van der Waals surface area contributed by atoms with Crippen molar-refractivity contribution in [3.05, 3.63) is 48.0 Å². The molecule has 1 aliphatic rings. The number of morpholine rings is 1. The minimum atomic E-state index is -0.116. The zero-order valence-corrected chi connectivity index (χ0v) is 16.6. The summed E-state index contributed by atoms with van der Waals surface area (Å²) in [5.74, 6) is 0.471. The van der Waals surface area contributed by atoms with Gasteiger partial charge >= 0.3 is 6.03 Å². The van der Waals surface area contributed by atoms with Crippen LogP contribution >= 0.6 is 0 Å². The summed E-state index contributed by atoms with van der Waals surface area (Å²) in [6.07, 6.45) is 0. The summed E-state index contributed by atoms with van der Waals surface area (Å²) in [6, 6.07) is 14.6. The summed E-state index contributed by atoms with van der Waals surface area (Å²) >= 11 is 0. The third-order valence-corrected chi connectivity index (χ3v) is 5.39. The van der Waals surface area contributed by atoms with Crippen LogP contribution in [0.2, 0.25) is 0 Å². The molecule has 2 unspecified atom stereocenters. The van der Waals surface area contributed by atoms with Crippen LogP contribution in [0.5, 0.6) is 0 Å². The Balaban J connectivity index is 1.59. The van der Waals surface area contributed by atoms with E-state index >= 15 is 0 Å². The first-order valence-electron chi connectivity index (χ1n) is 9.90. The second kappa shape index (κ2) is 9.20. The molecule has 2 N–H and O–H groups in total. The summed E-state index contributed by atoms with van der Waals surface area (Å²) in [4.78, 5) is 14.9. The molecular weight excluding hydrogens is 338 g/mol. The van der Waals surface area contributed by atoms with Gasteiger partial charge in [0.05, 0.1) is 19.3 Å². The van der Waals surface area contributed by atoms with Gasteiger partial charge in [0, 0.05) is 25.7 Å². The van der Waals surface area contributed by atoms with E-state index in [1.165, 1.54) is 10.8 Å². The van der Waals surface area contributed by atoms with E-state index in [4.69, 9.17) is 4.74 Å². The van der Waals surface area contributed by atoms with E-state index < -0.39 is 0 Å². The monoisotopic (exact) mass is 369 g/mol. The van der Waals surface area contributed by atoms with E-state index in [2.05, 4.69) is 53.6 Å². The van der Waals surface area contributed by atoms with E-state index in [1.807, 2.05) is 25.1 Å². The van der Waals surface area contributed by atoms with Gasteiger partial charge in [-0.1, -0.05) is 56.3 Å². The molecule has 1 saturated heterocycles. The summed E-state index contributed by atoms with van der Waals surface area (Å²) in [7, 11) is 0. The number of rotatable bonds is 6. The average molecular weight is 370 g/mol. The number of carbonyl (C=O) groups is 1. The first kappa shape index (κ1) is 19.6. The maximum absolute atomic E-state index is 12.5. The van der Waals surface area contributed by atoms with Gasteiger partial charge in [0.1, 0.15) is 0 Å². The molecule has 1 fully saturated rings. The zero-order valence-electron chi connectivity index (χ0n) is 16.6. The summed E-state index contributed by atoms with van der Waals surface area (Å²) < 4.78 is 5.45. The standard InChI is InChI=1S/C22H31N3O2/c1-16(2)21(25-11-13-27-14-12-25)15-23-22(26)24-17(3)19-10-6-8-18-7-4-5-9-20(18)19/h4-10,16-17,21H,11-15H2,1-3H3,(H2,23,24,26). The number of urea groups is 1. The van der Waals surface area contributed by atoms with Crippen molar-refractivity contribution in [2.24, 2.45) is 5.92 Å². The highest BCUT2D eigenvalue weighted by molar-refractivity contribution is 5.86. The van der Waals surface area contributed by atoms with Crippen molar-refractivity contribution in [1.82, 2.24) is 15.5 Å². The van der Waals surface area contributed by atoms with Crippen LogP contribution in [0.1, 0.15) is 32.4 Å². The molecule has 0 saturated carbocycles. The molecule has 5 nitrogen and oxygen atoms in total. The number of hydrogen-bond donors (Lipinski definition) is 2. The van der Waals surface area contributed by atoms with Gasteiger partial charge in [-0.05, 0) is 29.2 Å². The lowest BCUT2D eigenvalue weighted by molar-refractivity contribution is 0.00718. The minimum absolute atomic E-state index is 0.0583. The quantitative estimate of drug-likeness (QED) is 0.819. The van der Waals surface area contributed by atoms with Gasteiger partial charge < -0.3 is 15.4 Å². The molecule has 3 rings (SSSR count). The highest BCUT2D eigenvalue weighted by Crippen LogP contribution is 2.24. The van der Waals surface area contributed by atoms with Gasteiger partial charge in [0.15, 0.2) is 0 Å². The van der Waals surface area contributed by atoms with E-state index in [-0.39, 0.29) is 12.1 Å². The van der Waals surface area contributed by atoms with Gasteiger partial charge in [-0.25, -0.2) is 4.79 Å². The van der Waals surface area contributed by atoms with Crippen LogP contribution in [0.4, 0.5) is 4.79 Å². The normalized spacial score (nSPS) is 17.6. The molecule has 27 heavy (non-hydrogen) atoms. The van der Waals surface area contributed by atoms with E-state index in [0.717, 1.165) is 31.9 Å². The highest BCUT2D eigenvalue weighted by atomic mass is 16.5. The fourth-order valence-electron chi connectivity index (χ4n) is 3.85. The maximum atomic E-state index is 12.5. The smallest absolute Gasteiger partial charge is 0.315 e. The van der Waals surface area contributed by atoms with E-state index in [9.17, 15) is 4.79 Å². The van der Waals surface area contributed by atoms with Crippen LogP contribution in [0, 0.1) is 5.92 Å². The molecule has 5 heteroatoms. The molecule has 0 aromatic heterocycles. The maximum Gasteiger partial charge on any atom is 0.315 e. The number of benzene rings is 2. The van der Waals surface area contributed by atoms with Gasteiger partial charge in [0.2, 0.25) is 0 Å². The van der Waals surface area contributed by atoms with Crippen molar-refractivity contribution in [3.63, 3.8) is 0 Å². The molecule has 0 aliphatic carbocycles. The number of amides is 2. The Morgan fingerprint density at radius 1 is 1.07 bits per heavy atom. The Labute approximate surface area is 162 Å². The Kier molecular flexibility index (Phi) is 6.69. The Bertz CT molecular complexity index is 751. The largest absolute Gasteiger partial charge is 0.379 e. The molecular formula is C22H31N3O2. The lowest BCUT2D eigenvalue weighted by atomic mass is 10.00. The van der Waals surface area contributed by atoms with Gasteiger partial charge in [-0.3, -0.25) is 4.90 Å². The molecule has 1 aliphatic heterocycles. The number of carbonyl (C=O) groups excluding carboxylic acids is 1. The van der Waals surface area contributed by atoms with Crippen molar-refractivity contribution >= 4 is 16.8 Å². The number of nitrogens with one attached hydrogen (secondary N) is 2. The third-order valence-electron chi connectivity index (χ3n) is 5.39. The molecule has 2 amide bonds. The van der Waals surface area contributed by atoms with Crippen LogP contribution in [0.3, 0.4) is 0 Å². The van der Waals surface area contributed by atoms with Crippen molar-refractivity contribution in [3.8, 4) is 0 Å². The Hall–Kier alpha value is -2.11. The van der Waals surface area contributed by atoms with Crippen LogP contribution in [-0.2, 0) is 4.74 Å². The summed E-state index contributed by atoms with van der Waals surface area (Å²) in [6.45, 7) is 10.5. The fourth-order valence-corrected chi connectivity index (χ4v) is 3.85. The molecule has 146 valence electrons. The Morgan fingerprint density at radius 2 is 1.78 bits per heavy atom. The molecule has 2 aromatic carbocycles. The van der Waals surface area contributed by atoms with Crippen LogP contribution in [-0.4, -0.2) is 49.8 Å². The van der Waals surface area contributed by atoms with Crippen molar-refractivity contribution in [1.29, 1.82) is 0 Å². The average Bonchev–Trinajstić information content (AvgIpc) is 2.68. The minimum Gasteiger partial charge on any atom is -0.379 e. The second-order valence-electron chi connectivity index (χ2n) is 7.60. The van der Waals surface area contributed by atoms with Crippen LogP contribution in [0.15, 0.2) is 42.5 Å². The molecule has 2 aromatic rings. The predicted octanol–water partition coefficient (Wildman–Crippen LogP) is 3.56. The molecule has 1 heterocycles. The zero-order chi connectivity index (χ0) is 19.2. The van der Waals surface area contributed by atoms with Crippen molar-refractivity contribution in [2.45, 2.75) is 32.9 Å². The number of fused-ring (bicyclic) bond motifs is 1. The topological polar surface area (TPSA) is 53.6 Å². The molecule has 0 bridgehead atoms. The lowest BCUT2D eigenvalue weighted by Gasteiger charge is -2.37. The van der Waals surface area contributed by atoms with Gasteiger partial charge in [-0.15, -0.1) is 0 Å². The summed E-state index contributed by atoms with van der Waals surface area (Å²) in [5.41, 5.74) is 1.14. The SMILES string of the molecule is CC(NC(=O)NCC(C(C)C)N1CCOCC1)c1cccc2ccccc12. The van der Waals surface area contributed by atoms with Crippen LogP contribution in [0.25, 0.3) is 10.8 Å². The van der Waals surface area contributed by atoms with Gasteiger partial charge in [-0.2, -0.15) is 0 Å². The van der Waals surface area contributed by atoms with Gasteiger partial charge in [0.25, 0.3) is 0 Å². The van der Waals surface area contributed by atoms with E-state index in [0.29, 0.717) is 18.5 Å². The number of hydrogen-bond acceptors (Lipinski definition) is 3. The highest BCUT2D eigenvalue weighted by Gasteiger charge is 2.24. The lowest BCUT2D eigenvalue weighted by Crippen LogP contribution is -2.52. The molecule has 0 radical (unpaired) electrons. The first-order chi connectivity index (χ1) is 13.1. The summed E-state index contributed by atoms with van der Waals surface area (Å²) in [5, 5.41) is 8.54. The number of nitrogens with zero attached hydrogens (tertiary/aromatic N) is 1. The second-order valence-corrected chi connectivity index (χ2v) is 7.60. The Morgan fingerprint density at radius 3 is 2.52 bits per heavy atom. The third kappa shape index (κ3) is 4.99. The van der Waals surface area contributed by atoms with Crippen molar-refractivity contribution in [2.75, 3.05) is 32.8 Å². The number of ether oxygens (including phenoxy) is 1. The fraction of sp³-hybridized carbons (Fsp3) is 0.500. The van der Waals surface area contributed by atoms with Crippen LogP contribution < -0.4 is 10.6 Å². The molecule has 0 spiro atoms. The first-order valence-corrected chi connectivity index (χ1v) is 9.90.